The highest BCUT2D eigenvalue weighted by Crippen LogP contribution is 2.07. The Kier molecular flexibility index (Phi) is 8.06. The number of hydrogen-bond donors (Lipinski definition) is 0. The summed E-state index contributed by atoms with van der Waals surface area (Å²) in [6, 6.07) is 0. The summed E-state index contributed by atoms with van der Waals surface area (Å²) in [5.74, 6) is 0.291. The SMILES string of the molecule is CCCCCN(CCC)S(=O)(=O)CCC. The van der Waals surface area contributed by atoms with Crippen molar-refractivity contribution in [2.75, 3.05) is 18.8 Å². The number of nitrogens with zero attached hydrogens (tertiary/aromatic N) is 1. The average Bonchev–Trinajstić information content (AvgIpc) is 2.16. The highest BCUT2D eigenvalue weighted by molar-refractivity contribution is 7.89. The number of hydrogen-bond acceptors (Lipinski definition) is 2. The van der Waals surface area contributed by atoms with Gasteiger partial charge in [-0.05, 0) is 19.3 Å². The maximum atomic E-state index is 11.8. The van der Waals surface area contributed by atoms with Crippen molar-refractivity contribution in [2.24, 2.45) is 0 Å². The van der Waals surface area contributed by atoms with Gasteiger partial charge < -0.3 is 0 Å². The molecular formula is C11H25NO2S. The lowest BCUT2D eigenvalue weighted by molar-refractivity contribution is 0.398. The van der Waals surface area contributed by atoms with E-state index in [1.165, 1.54) is 0 Å². The lowest BCUT2D eigenvalue weighted by Gasteiger charge is -2.21. The Morgan fingerprint density at radius 2 is 1.53 bits per heavy atom. The molecule has 0 amide bonds. The maximum Gasteiger partial charge on any atom is 0.214 e. The van der Waals surface area contributed by atoms with Gasteiger partial charge in [-0.2, -0.15) is 0 Å². The standard InChI is InChI=1S/C11H25NO2S/c1-4-7-8-10-12(9-5-2)15(13,14)11-6-3/h4-11H2,1-3H3. The zero-order valence-corrected chi connectivity index (χ0v) is 11.1. The first kappa shape index (κ1) is 14.9. The zero-order valence-electron chi connectivity index (χ0n) is 10.3. The van der Waals surface area contributed by atoms with Gasteiger partial charge in [-0.25, -0.2) is 12.7 Å². The van der Waals surface area contributed by atoms with E-state index in [4.69, 9.17) is 0 Å². The predicted molar refractivity (Wildman–Crippen MR) is 65.5 cm³/mol. The number of unbranched alkanes of at least 4 members (excludes halogenated alkanes) is 2. The topological polar surface area (TPSA) is 37.4 Å². The van der Waals surface area contributed by atoms with Crippen molar-refractivity contribution in [1.29, 1.82) is 0 Å². The maximum absolute atomic E-state index is 11.8. The summed E-state index contributed by atoms with van der Waals surface area (Å²) in [6.07, 6.45) is 4.83. The van der Waals surface area contributed by atoms with Gasteiger partial charge in [0, 0.05) is 13.1 Å². The Hall–Kier alpha value is -0.0900. The van der Waals surface area contributed by atoms with Crippen LogP contribution in [0.4, 0.5) is 0 Å². The summed E-state index contributed by atoms with van der Waals surface area (Å²) in [5.41, 5.74) is 0. The molecular weight excluding hydrogens is 210 g/mol. The Morgan fingerprint density at radius 1 is 0.867 bits per heavy atom. The molecule has 0 saturated heterocycles. The fourth-order valence-electron chi connectivity index (χ4n) is 1.56. The van der Waals surface area contributed by atoms with Gasteiger partial charge in [-0.1, -0.05) is 33.6 Å². The van der Waals surface area contributed by atoms with E-state index in [9.17, 15) is 8.42 Å². The molecule has 4 heteroatoms. The van der Waals surface area contributed by atoms with Crippen LogP contribution >= 0.6 is 0 Å². The summed E-state index contributed by atoms with van der Waals surface area (Å²) >= 11 is 0. The zero-order chi connectivity index (χ0) is 11.7. The minimum Gasteiger partial charge on any atom is -0.212 e. The summed E-state index contributed by atoms with van der Waals surface area (Å²) in [6.45, 7) is 7.43. The number of rotatable bonds is 9. The lowest BCUT2D eigenvalue weighted by atomic mass is 10.2. The van der Waals surface area contributed by atoms with Crippen molar-refractivity contribution in [3.63, 3.8) is 0 Å². The smallest absolute Gasteiger partial charge is 0.212 e. The van der Waals surface area contributed by atoms with Crippen LogP contribution in [0.5, 0.6) is 0 Å². The predicted octanol–water partition coefficient (Wildman–Crippen LogP) is 2.63. The highest BCUT2D eigenvalue weighted by atomic mass is 32.2. The molecule has 0 bridgehead atoms. The molecule has 0 rings (SSSR count). The van der Waals surface area contributed by atoms with Gasteiger partial charge in [0.1, 0.15) is 0 Å². The third kappa shape index (κ3) is 6.15. The van der Waals surface area contributed by atoms with E-state index in [-0.39, 0.29) is 0 Å². The van der Waals surface area contributed by atoms with E-state index in [1.54, 1.807) is 4.31 Å². The Bertz CT molecular complexity index is 237. The van der Waals surface area contributed by atoms with Crippen molar-refractivity contribution in [2.45, 2.75) is 52.9 Å². The van der Waals surface area contributed by atoms with Crippen molar-refractivity contribution in [1.82, 2.24) is 4.31 Å². The summed E-state index contributed by atoms with van der Waals surface area (Å²) < 4.78 is 25.3. The molecule has 0 aliphatic rings. The van der Waals surface area contributed by atoms with E-state index < -0.39 is 10.0 Å². The summed E-state index contributed by atoms with van der Waals surface area (Å²) in [4.78, 5) is 0. The van der Waals surface area contributed by atoms with Crippen LogP contribution < -0.4 is 0 Å². The van der Waals surface area contributed by atoms with Crippen LogP contribution in [-0.4, -0.2) is 31.6 Å². The fraction of sp³-hybridized carbons (Fsp3) is 1.00. The molecule has 0 heterocycles. The molecule has 0 N–H and O–H groups in total. The summed E-state index contributed by atoms with van der Waals surface area (Å²) in [7, 11) is -2.98. The minimum absolute atomic E-state index is 0.291. The second kappa shape index (κ2) is 8.11. The third-order valence-corrected chi connectivity index (χ3v) is 4.42. The van der Waals surface area contributed by atoms with Crippen LogP contribution in [0.2, 0.25) is 0 Å². The molecule has 0 atom stereocenters. The molecule has 0 saturated carbocycles. The molecule has 0 aromatic heterocycles. The second-order valence-corrected chi connectivity index (χ2v) is 6.01. The number of sulfonamides is 1. The van der Waals surface area contributed by atoms with Gasteiger partial charge in [0.05, 0.1) is 5.75 Å². The van der Waals surface area contributed by atoms with E-state index in [2.05, 4.69) is 6.92 Å². The second-order valence-electron chi connectivity index (χ2n) is 3.92. The van der Waals surface area contributed by atoms with E-state index in [0.29, 0.717) is 25.3 Å². The fourth-order valence-corrected chi connectivity index (χ4v) is 3.21. The molecule has 0 aliphatic carbocycles. The van der Waals surface area contributed by atoms with Crippen molar-refractivity contribution < 1.29 is 8.42 Å². The molecule has 0 fully saturated rings. The van der Waals surface area contributed by atoms with Crippen LogP contribution in [0.3, 0.4) is 0 Å². The Balaban J connectivity index is 4.24. The molecule has 0 spiro atoms. The first-order valence-corrected chi connectivity index (χ1v) is 7.67. The van der Waals surface area contributed by atoms with Crippen LogP contribution in [0, 0.1) is 0 Å². The van der Waals surface area contributed by atoms with Gasteiger partial charge in [0.15, 0.2) is 0 Å². The van der Waals surface area contributed by atoms with Crippen molar-refractivity contribution in [3.05, 3.63) is 0 Å². The normalized spacial score (nSPS) is 12.3. The molecule has 0 aromatic rings. The van der Waals surface area contributed by atoms with E-state index in [1.807, 2.05) is 13.8 Å². The van der Waals surface area contributed by atoms with Crippen molar-refractivity contribution in [3.8, 4) is 0 Å². The van der Waals surface area contributed by atoms with E-state index >= 15 is 0 Å². The van der Waals surface area contributed by atoms with E-state index in [0.717, 1.165) is 25.7 Å². The first-order chi connectivity index (χ1) is 7.08. The Labute approximate surface area is 94.9 Å². The molecule has 0 radical (unpaired) electrons. The largest absolute Gasteiger partial charge is 0.214 e. The molecule has 0 unspecified atom stereocenters. The molecule has 3 nitrogen and oxygen atoms in total. The van der Waals surface area contributed by atoms with Gasteiger partial charge >= 0.3 is 0 Å². The van der Waals surface area contributed by atoms with Gasteiger partial charge in [0.2, 0.25) is 10.0 Å². The van der Waals surface area contributed by atoms with Gasteiger partial charge in [-0.15, -0.1) is 0 Å². The average molecular weight is 235 g/mol. The van der Waals surface area contributed by atoms with Crippen LogP contribution in [0.15, 0.2) is 0 Å². The highest BCUT2D eigenvalue weighted by Gasteiger charge is 2.19. The monoisotopic (exact) mass is 235 g/mol. The first-order valence-electron chi connectivity index (χ1n) is 6.06. The Morgan fingerprint density at radius 3 is 2.00 bits per heavy atom. The van der Waals surface area contributed by atoms with Gasteiger partial charge in [-0.3, -0.25) is 0 Å². The molecule has 0 aliphatic heterocycles. The minimum atomic E-state index is -2.98. The van der Waals surface area contributed by atoms with Crippen LogP contribution in [-0.2, 0) is 10.0 Å². The van der Waals surface area contributed by atoms with Crippen molar-refractivity contribution >= 4 is 10.0 Å². The van der Waals surface area contributed by atoms with Crippen LogP contribution in [0.25, 0.3) is 0 Å². The quantitative estimate of drug-likeness (QED) is 0.576. The molecule has 15 heavy (non-hydrogen) atoms. The van der Waals surface area contributed by atoms with Gasteiger partial charge in [0.25, 0.3) is 0 Å². The summed E-state index contributed by atoms with van der Waals surface area (Å²) in [5, 5.41) is 0. The lowest BCUT2D eigenvalue weighted by Crippen LogP contribution is -2.34. The third-order valence-electron chi connectivity index (χ3n) is 2.34. The molecule has 0 aromatic carbocycles. The van der Waals surface area contributed by atoms with Crippen LogP contribution in [0.1, 0.15) is 52.9 Å². The molecule has 92 valence electrons.